The first-order chi connectivity index (χ1) is 11.2. The molecule has 23 heavy (non-hydrogen) atoms. The summed E-state index contributed by atoms with van der Waals surface area (Å²) in [6.07, 6.45) is 3.15. The van der Waals surface area contributed by atoms with Gasteiger partial charge < -0.3 is 9.67 Å². The van der Waals surface area contributed by atoms with Crippen molar-refractivity contribution < 1.29 is 5.11 Å². The lowest BCUT2D eigenvalue weighted by Gasteiger charge is -2.17. The highest BCUT2D eigenvalue weighted by Gasteiger charge is 2.26. The molecule has 2 aromatic carbocycles. The molecule has 1 fully saturated rings. The van der Waals surface area contributed by atoms with Crippen molar-refractivity contribution in [1.82, 2.24) is 9.47 Å². The molecule has 0 unspecified atom stereocenters. The van der Waals surface area contributed by atoms with E-state index in [2.05, 4.69) is 63.4 Å². The summed E-state index contributed by atoms with van der Waals surface area (Å²) in [4.78, 5) is 2.46. The highest BCUT2D eigenvalue weighted by Crippen LogP contribution is 2.35. The van der Waals surface area contributed by atoms with E-state index in [0.717, 1.165) is 41.3 Å². The first-order valence-corrected chi connectivity index (χ1v) is 8.75. The Hall–Kier alpha value is -1.78. The summed E-state index contributed by atoms with van der Waals surface area (Å²) >= 11 is 3.50. The van der Waals surface area contributed by atoms with Crippen LogP contribution in [0, 0.1) is 0 Å². The zero-order valence-electron chi connectivity index (χ0n) is 12.8. The van der Waals surface area contributed by atoms with Crippen LogP contribution in [0.5, 0.6) is 5.88 Å². The number of aromatic nitrogens is 1. The first-order valence-electron chi connectivity index (χ1n) is 7.96. The fourth-order valence-electron chi connectivity index (χ4n) is 3.50. The molecule has 4 rings (SSSR count). The summed E-state index contributed by atoms with van der Waals surface area (Å²) in [5.74, 6) is 0.388. The number of hydrogen-bond donors (Lipinski definition) is 1. The van der Waals surface area contributed by atoms with E-state index in [1.807, 2.05) is 16.7 Å². The quantitative estimate of drug-likeness (QED) is 0.731. The van der Waals surface area contributed by atoms with Crippen molar-refractivity contribution in [3.63, 3.8) is 0 Å². The van der Waals surface area contributed by atoms with E-state index in [-0.39, 0.29) is 0 Å². The van der Waals surface area contributed by atoms with Crippen LogP contribution >= 0.6 is 15.9 Å². The molecule has 1 aromatic heterocycles. The van der Waals surface area contributed by atoms with E-state index in [9.17, 15) is 5.11 Å². The molecule has 0 aliphatic carbocycles. The fraction of sp³-hybridized carbons (Fsp3) is 0.263. The van der Waals surface area contributed by atoms with Crippen LogP contribution in [0.1, 0.15) is 18.0 Å². The molecular weight excluding hydrogens is 352 g/mol. The third-order valence-electron chi connectivity index (χ3n) is 4.67. The number of likely N-dealkylation sites (tertiary alicyclic amines) is 1. The smallest absolute Gasteiger partial charge is 0.199 e. The Morgan fingerprint density at radius 1 is 1.13 bits per heavy atom. The van der Waals surface area contributed by atoms with Gasteiger partial charge in [0.05, 0.1) is 6.04 Å². The van der Waals surface area contributed by atoms with E-state index in [4.69, 9.17) is 0 Å². The molecule has 0 bridgehead atoms. The second-order valence-electron chi connectivity index (χ2n) is 6.25. The van der Waals surface area contributed by atoms with Gasteiger partial charge in [0.25, 0.3) is 0 Å². The standard InChI is InChI=1S/C19H19BrN2O/c20-16-6-7-18-15(10-16)12-22(19(18)23)17-8-9-21(13-17)11-14-4-2-1-3-5-14/h1-7,10,12,17,23H,8-9,11,13H2/t17-/m1/s1. The first kappa shape index (κ1) is 14.8. The summed E-state index contributed by atoms with van der Waals surface area (Å²) in [5.41, 5.74) is 1.35. The average Bonchev–Trinajstić information content (AvgIpc) is 3.13. The predicted octanol–water partition coefficient (Wildman–Crippen LogP) is 4.56. The SMILES string of the molecule is Oc1c2ccc(Br)cc2cn1[C@@H]1CCN(Cc2ccccc2)C1. The van der Waals surface area contributed by atoms with Crippen molar-refractivity contribution in [3.8, 4) is 5.88 Å². The van der Waals surface area contributed by atoms with Crippen molar-refractivity contribution in [3.05, 3.63) is 64.8 Å². The summed E-state index contributed by atoms with van der Waals surface area (Å²) in [5, 5.41) is 12.6. The topological polar surface area (TPSA) is 28.4 Å². The van der Waals surface area contributed by atoms with Gasteiger partial charge in [-0.1, -0.05) is 46.3 Å². The molecule has 0 saturated carbocycles. The number of nitrogens with zero attached hydrogens (tertiary/aromatic N) is 2. The Morgan fingerprint density at radius 2 is 1.96 bits per heavy atom. The Kier molecular flexibility index (Phi) is 3.87. The maximum Gasteiger partial charge on any atom is 0.199 e. The molecule has 1 aliphatic rings. The van der Waals surface area contributed by atoms with Crippen molar-refractivity contribution in [2.45, 2.75) is 19.0 Å². The van der Waals surface area contributed by atoms with E-state index in [0.29, 0.717) is 11.9 Å². The van der Waals surface area contributed by atoms with Crippen LogP contribution in [0.2, 0.25) is 0 Å². The van der Waals surface area contributed by atoms with Gasteiger partial charge in [0, 0.05) is 41.1 Å². The molecule has 0 spiro atoms. The van der Waals surface area contributed by atoms with Gasteiger partial charge in [-0.3, -0.25) is 4.90 Å². The number of aromatic hydroxyl groups is 1. The molecule has 3 nitrogen and oxygen atoms in total. The van der Waals surface area contributed by atoms with Gasteiger partial charge in [-0.2, -0.15) is 0 Å². The third-order valence-corrected chi connectivity index (χ3v) is 5.16. The molecule has 1 saturated heterocycles. The van der Waals surface area contributed by atoms with Crippen molar-refractivity contribution in [2.75, 3.05) is 13.1 Å². The predicted molar refractivity (Wildman–Crippen MR) is 96.7 cm³/mol. The lowest BCUT2D eigenvalue weighted by Crippen LogP contribution is -2.20. The normalized spacial score (nSPS) is 18.7. The summed E-state index contributed by atoms with van der Waals surface area (Å²) < 4.78 is 3.08. The van der Waals surface area contributed by atoms with Crippen LogP contribution in [0.15, 0.2) is 59.2 Å². The molecule has 1 atom stereocenters. The summed E-state index contributed by atoms with van der Waals surface area (Å²) in [7, 11) is 0. The zero-order valence-corrected chi connectivity index (χ0v) is 14.4. The van der Waals surface area contributed by atoms with Crippen LogP contribution in [-0.4, -0.2) is 27.7 Å². The number of halogens is 1. The number of rotatable bonds is 3. The monoisotopic (exact) mass is 370 g/mol. The highest BCUT2D eigenvalue weighted by atomic mass is 79.9. The minimum absolute atomic E-state index is 0.338. The van der Waals surface area contributed by atoms with Gasteiger partial charge in [-0.05, 0) is 30.2 Å². The molecule has 118 valence electrons. The molecule has 0 amide bonds. The van der Waals surface area contributed by atoms with Crippen molar-refractivity contribution >= 4 is 26.7 Å². The second kappa shape index (κ2) is 6.02. The second-order valence-corrected chi connectivity index (χ2v) is 7.17. The van der Waals surface area contributed by atoms with Crippen LogP contribution < -0.4 is 0 Å². The number of benzene rings is 2. The van der Waals surface area contributed by atoms with E-state index in [1.165, 1.54) is 5.56 Å². The van der Waals surface area contributed by atoms with E-state index >= 15 is 0 Å². The molecule has 3 aromatic rings. The van der Waals surface area contributed by atoms with E-state index < -0.39 is 0 Å². The highest BCUT2D eigenvalue weighted by molar-refractivity contribution is 9.10. The van der Waals surface area contributed by atoms with Crippen LogP contribution in [0.3, 0.4) is 0 Å². The lowest BCUT2D eigenvalue weighted by atomic mass is 10.2. The minimum atomic E-state index is 0.338. The number of fused-ring (bicyclic) bond motifs is 1. The largest absolute Gasteiger partial charge is 0.494 e. The van der Waals surface area contributed by atoms with Crippen LogP contribution in [-0.2, 0) is 6.54 Å². The average molecular weight is 371 g/mol. The zero-order chi connectivity index (χ0) is 15.8. The Morgan fingerprint density at radius 3 is 2.78 bits per heavy atom. The lowest BCUT2D eigenvalue weighted by molar-refractivity contribution is 0.309. The van der Waals surface area contributed by atoms with Crippen LogP contribution in [0.25, 0.3) is 10.8 Å². The molecule has 0 radical (unpaired) electrons. The Labute approximate surface area is 144 Å². The molecule has 2 heterocycles. The Bertz CT molecular complexity index is 828. The maximum atomic E-state index is 10.5. The molecule has 1 N–H and O–H groups in total. The Balaban J connectivity index is 1.54. The van der Waals surface area contributed by atoms with E-state index in [1.54, 1.807) is 0 Å². The fourth-order valence-corrected chi connectivity index (χ4v) is 3.88. The summed E-state index contributed by atoms with van der Waals surface area (Å²) in [6, 6.07) is 16.9. The molecule has 1 aliphatic heterocycles. The maximum absolute atomic E-state index is 10.5. The molecule has 4 heteroatoms. The minimum Gasteiger partial charge on any atom is -0.494 e. The third kappa shape index (κ3) is 2.89. The van der Waals surface area contributed by atoms with Gasteiger partial charge >= 0.3 is 0 Å². The van der Waals surface area contributed by atoms with Gasteiger partial charge in [-0.25, -0.2) is 0 Å². The van der Waals surface area contributed by atoms with Crippen molar-refractivity contribution in [2.24, 2.45) is 0 Å². The summed E-state index contributed by atoms with van der Waals surface area (Å²) in [6.45, 7) is 3.02. The van der Waals surface area contributed by atoms with Gasteiger partial charge in [-0.15, -0.1) is 0 Å². The molecular formula is C19H19BrN2O. The van der Waals surface area contributed by atoms with Gasteiger partial charge in [0.15, 0.2) is 5.88 Å². The van der Waals surface area contributed by atoms with Gasteiger partial charge in [0.2, 0.25) is 0 Å². The van der Waals surface area contributed by atoms with Crippen LogP contribution in [0.4, 0.5) is 0 Å². The number of hydrogen-bond acceptors (Lipinski definition) is 2. The van der Waals surface area contributed by atoms with Crippen molar-refractivity contribution in [1.29, 1.82) is 0 Å². The van der Waals surface area contributed by atoms with Gasteiger partial charge in [0.1, 0.15) is 0 Å².